The minimum atomic E-state index is 0.490. The van der Waals surface area contributed by atoms with Gasteiger partial charge in [-0.05, 0) is 18.4 Å². The normalized spacial score (nSPS) is 16.1. The highest BCUT2D eigenvalue weighted by molar-refractivity contribution is 5.92. The van der Waals surface area contributed by atoms with Gasteiger partial charge in [0.2, 0.25) is 0 Å². The predicted octanol–water partition coefficient (Wildman–Crippen LogP) is 3.92. The fourth-order valence-electron chi connectivity index (χ4n) is 3.14. The molecule has 0 aromatic heterocycles. The van der Waals surface area contributed by atoms with Gasteiger partial charge in [0.15, 0.2) is 5.96 Å². The SMILES string of the molecule is COCc1ccccc1NC(N)=NCCCCC1CCCC1. The highest BCUT2D eigenvalue weighted by Crippen LogP contribution is 2.28. The summed E-state index contributed by atoms with van der Waals surface area (Å²) in [5.41, 5.74) is 8.03. The Bertz CT molecular complexity index is 467. The van der Waals surface area contributed by atoms with Crippen LogP contribution in [0.4, 0.5) is 5.69 Å². The number of benzene rings is 1. The highest BCUT2D eigenvalue weighted by Gasteiger charge is 2.13. The van der Waals surface area contributed by atoms with E-state index in [2.05, 4.69) is 10.3 Å². The topological polar surface area (TPSA) is 59.6 Å². The number of methoxy groups -OCH3 is 1. The second kappa shape index (κ2) is 9.46. The first-order chi connectivity index (χ1) is 10.8. The lowest BCUT2D eigenvalue weighted by molar-refractivity contribution is 0.185. The van der Waals surface area contributed by atoms with Gasteiger partial charge >= 0.3 is 0 Å². The summed E-state index contributed by atoms with van der Waals surface area (Å²) in [6, 6.07) is 8.00. The Balaban J connectivity index is 1.70. The average molecular weight is 303 g/mol. The van der Waals surface area contributed by atoms with Crippen LogP contribution in [0.3, 0.4) is 0 Å². The number of hydrogen-bond acceptors (Lipinski definition) is 2. The number of anilines is 1. The molecule has 1 aliphatic rings. The molecule has 2 rings (SSSR count). The van der Waals surface area contributed by atoms with Crippen molar-refractivity contribution in [1.29, 1.82) is 0 Å². The summed E-state index contributed by atoms with van der Waals surface area (Å²) in [6.07, 6.45) is 9.48. The van der Waals surface area contributed by atoms with Gasteiger partial charge in [-0.15, -0.1) is 0 Å². The second-order valence-electron chi connectivity index (χ2n) is 6.13. The van der Waals surface area contributed by atoms with Crippen LogP contribution in [0.2, 0.25) is 0 Å². The van der Waals surface area contributed by atoms with Crippen LogP contribution in [0, 0.1) is 5.92 Å². The van der Waals surface area contributed by atoms with Crippen molar-refractivity contribution >= 4 is 11.6 Å². The standard InChI is InChI=1S/C18H29N3O/c1-22-14-16-11-4-5-12-17(16)21-18(19)20-13-7-6-10-15-8-2-3-9-15/h4-5,11-12,15H,2-3,6-10,13-14H2,1H3,(H3,19,20,21). The zero-order valence-corrected chi connectivity index (χ0v) is 13.7. The van der Waals surface area contributed by atoms with E-state index in [1.807, 2.05) is 24.3 Å². The van der Waals surface area contributed by atoms with Gasteiger partial charge in [0.1, 0.15) is 0 Å². The van der Waals surface area contributed by atoms with Crippen LogP contribution in [-0.2, 0) is 11.3 Å². The van der Waals surface area contributed by atoms with Crippen LogP contribution in [0.5, 0.6) is 0 Å². The van der Waals surface area contributed by atoms with Gasteiger partial charge in [-0.3, -0.25) is 4.99 Å². The number of guanidine groups is 1. The monoisotopic (exact) mass is 303 g/mol. The molecule has 0 amide bonds. The van der Waals surface area contributed by atoms with Crippen molar-refractivity contribution in [1.82, 2.24) is 0 Å². The first-order valence-corrected chi connectivity index (χ1v) is 8.43. The van der Waals surface area contributed by atoms with Gasteiger partial charge in [-0.25, -0.2) is 0 Å². The first-order valence-electron chi connectivity index (χ1n) is 8.43. The van der Waals surface area contributed by atoms with Crippen LogP contribution >= 0.6 is 0 Å². The second-order valence-corrected chi connectivity index (χ2v) is 6.13. The quantitative estimate of drug-likeness (QED) is 0.435. The van der Waals surface area contributed by atoms with Gasteiger partial charge in [0.05, 0.1) is 6.61 Å². The Kier molecular flexibility index (Phi) is 7.23. The van der Waals surface area contributed by atoms with Crippen LogP contribution in [-0.4, -0.2) is 19.6 Å². The average Bonchev–Trinajstić information content (AvgIpc) is 3.02. The summed E-state index contributed by atoms with van der Waals surface area (Å²) >= 11 is 0. The third-order valence-electron chi connectivity index (χ3n) is 4.36. The Morgan fingerprint density at radius 2 is 2.05 bits per heavy atom. The minimum Gasteiger partial charge on any atom is -0.380 e. The molecule has 0 heterocycles. The number of ether oxygens (including phenoxy) is 1. The molecule has 1 fully saturated rings. The molecule has 0 aliphatic heterocycles. The molecule has 0 saturated heterocycles. The number of nitrogens with zero attached hydrogens (tertiary/aromatic N) is 1. The maximum atomic E-state index is 5.97. The Hall–Kier alpha value is -1.55. The minimum absolute atomic E-state index is 0.490. The number of para-hydroxylation sites is 1. The lowest BCUT2D eigenvalue weighted by Gasteiger charge is -2.11. The number of nitrogens with two attached hydrogens (primary N) is 1. The fraction of sp³-hybridized carbons (Fsp3) is 0.611. The fourth-order valence-corrected chi connectivity index (χ4v) is 3.14. The van der Waals surface area contributed by atoms with E-state index in [0.717, 1.165) is 30.1 Å². The first kappa shape index (κ1) is 16.8. The third kappa shape index (κ3) is 5.68. The third-order valence-corrected chi connectivity index (χ3v) is 4.36. The van der Waals surface area contributed by atoms with Crippen LogP contribution in [0.1, 0.15) is 50.5 Å². The summed E-state index contributed by atoms with van der Waals surface area (Å²) in [4.78, 5) is 4.43. The maximum Gasteiger partial charge on any atom is 0.193 e. The Morgan fingerprint density at radius 3 is 2.82 bits per heavy atom. The van der Waals surface area contributed by atoms with Crippen LogP contribution < -0.4 is 11.1 Å². The molecule has 0 unspecified atom stereocenters. The molecule has 0 spiro atoms. The zero-order chi connectivity index (χ0) is 15.6. The van der Waals surface area contributed by atoms with Gasteiger partial charge in [-0.1, -0.05) is 56.7 Å². The van der Waals surface area contributed by atoms with E-state index >= 15 is 0 Å². The van der Waals surface area contributed by atoms with E-state index in [-0.39, 0.29) is 0 Å². The van der Waals surface area contributed by atoms with E-state index in [9.17, 15) is 0 Å². The lowest BCUT2D eigenvalue weighted by Crippen LogP contribution is -2.23. The summed E-state index contributed by atoms with van der Waals surface area (Å²) in [5.74, 6) is 1.46. The number of hydrogen-bond donors (Lipinski definition) is 2. The van der Waals surface area contributed by atoms with E-state index in [0.29, 0.717) is 12.6 Å². The maximum absolute atomic E-state index is 5.97. The number of nitrogens with one attached hydrogen (secondary N) is 1. The number of aliphatic imine (C=N–C) groups is 1. The number of rotatable bonds is 8. The van der Waals surface area contributed by atoms with Crippen molar-refractivity contribution in [3.63, 3.8) is 0 Å². The van der Waals surface area contributed by atoms with Crippen molar-refractivity contribution in [3.05, 3.63) is 29.8 Å². The largest absolute Gasteiger partial charge is 0.380 e. The predicted molar refractivity (Wildman–Crippen MR) is 93.1 cm³/mol. The summed E-state index contributed by atoms with van der Waals surface area (Å²) in [7, 11) is 1.69. The Morgan fingerprint density at radius 1 is 1.27 bits per heavy atom. The molecule has 1 saturated carbocycles. The molecule has 4 heteroatoms. The molecule has 0 radical (unpaired) electrons. The van der Waals surface area contributed by atoms with Gasteiger partial charge < -0.3 is 15.8 Å². The molecule has 3 N–H and O–H groups in total. The summed E-state index contributed by atoms with van der Waals surface area (Å²) < 4.78 is 5.19. The molecule has 1 aromatic carbocycles. The van der Waals surface area contributed by atoms with E-state index in [4.69, 9.17) is 10.5 Å². The van der Waals surface area contributed by atoms with E-state index in [1.165, 1.54) is 38.5 Å². The van der Waals surface area contributed by atoms with Crippen LogP contribution in [0.15, 0.2) is 29.3 Å². The van der Waals surface area contributed by atoms with Crippen molar-refractivity contribution in [2.24, 2.45) is 16.6 Å². The molecule has 0 bridgehead atoms. The molecule has 1 aliphatic carbocycles. The summed E-state index contributed by atoms with van der Waals surface area (Å²) in [5, 5.41) is 3.18. The van der Waals surface area contributed by atoms with Crippen molar-refractivity contribution in [3.8, 4) is 0 Å². The van der Waals surface area contributed by atoms with Crippen LogP contribution in [0.25, 0.3) is 0 Å². The van der Waals surface area contributed by atoms with Gasteiger partial charge in [0.25, 0.3) is 0 Å². The van der Waals surface area contributed by atoms with Crippen molar-refractivity contribution in [2.75, 3.05) is 19.0 Å². The van der Waals surface area contributed by atoms with Gasteiger partial charge in [-0.2, -0.15) is 0 Å². The lowest BCUT2D eigenvalue weighted by atomic mass is 10.0. The molecular weight excluding hydrogens is 274 g/mol. The van der Waals surface area contributed by atoms with Crippen molar-refractivity contribution < 1.29 is 4.74 Å². The van der Waals surface area contributed by atoms with E-state index < -0.39 is 0 Å². The summed E-state index contributed by atoms with van der Waals surface area (Å²) in [6.45, 7) is 1.37. The molecule has 122 valence electrons. The molecule has 0 atom stereocenters. The molecule has 4 nitrogen and oxygen atoms in total. The molecule has 1 aromatic rings. The van der Waals surface area contributed by atoms with Gasteiger partial charge in [0, 0.05) is 24.9 Å². The smallest absolute Gasteiger partial charge is 0.193 e. The number of unbranched alkanes of at least 4 members (excludes halogenated alkanes) is 1. The molecular formula is C18H29N3O. The Labute approximate surface area is 134 Å². The van der Waals surface area contributed by atoms with E-state index in [1.54, 1.807) is 7.11 Å². The van der Waals surface area contributed by atoms with Crippen molar-refractivity contribution in [2.45, 2.75) is 51.6 Å². The zero-order valence-electron chi connectivity index (χ0n) is 13.7. The highest BCUT2D eigenvalue weighted by atomic mass is 16.5. The molecule has 22 heavy (non-hydrogen) atoms.